The molecule has 5 heteroatoms. The van der Waals surface area contributed by atoms with E-state index in [2.05, 4.69) is 28.0 Å². The van der Waals surface area contributed by atoms with Crippen LogP contribution in [0.25, 0.3) is 0 Å². The summed E-state index contributed by atoms with van der Waals surface area (Å²) in [5, 5.41) is 0. The molecule has 1 aromatic carbocycles. The average molecular weight is 370 g/mol. The van der Waals surface area contributed by atoms with Crippen molar-refractivity contribution in [3.63, 3.8) is 0 Å². The van der Waals surface area contributed by atoms with Crippen LogP contribution in [0.15, 0.2) is 24.3 Å². The number of fused-ring (bicyclic) bond motifs is 1. The van der Waals surface area contributed by atoms with Gasteiger partial charge in [-0.3, -0.25) is 14.5 Å². The molecular weight excluding hydrogens is 338 g/mol. The Bertz CT molecular complexity index is 676. The van der Waals surface area contributed by atoms with E-state index in [4.69, 9.17) is 0 Å². The Balaban J connectivity index is 1.29. The molecule has 0 unspecified atom stereocenters. The van der Waals surface area contributed by atoms with Gasteiger partial charge >= 0.3 is 0 Å². The lowest BCUT2D eigenvalue weighted by Crippen LogP contribution is -2.47. The number of aryl methyl sites for hydroxylation is 1. The van der Waals surface area contributed by atoms with Crippen LogP contribution in [-0.4, -0.2) is 60.9 Å². The first kappa shape index (κ1) is 18.5. The van der Waals surface area contributed by atoms with Crippen molar-refractivity contribution in [1.29, 1.82) is 0 Å². The molecule has 146 valence electrons. The van der Waals surface area contributed by atoms with Gasteiger partial charge in [-0.25, -0.2) is 0 Å². The summed E-state index contributed by atoms with van der Waals surface area (Å²) in [4.78, 5) is 31.9. The van der Waals surface area contributed by atoms with Crippen molar-refractivity contribution < 1.29 is 9.59 Å². The second-order valence-electron chi connectivity index (χ2n) is 8.21. The number of likely N-dealkylation sites (tertiary alicyclic amines) is 2. The molecule has 4 rings (SSSR count). The molecule has 2 saturated heterocycles. The topological polar surface area (TPSA) is 43.9 Å². The number of rotatable bonds is 3. The molecule has 0 spiro atoms. The third-order valence-corrected chi connectivity index (χ3v) is 6.37. The van der Waals surface area contributed by atoms with Crippen molar-refractivity contribution in [2.24, 2.45) is 5.92 Å². The van der Waals surface area contributed by atoms with E-state index in [9.17, 15) is 9.59 Å². The Hall–Kier alpha value is -1.88. The number of benzene rings is 1. The van der Waals surface area contributed by atoms with Crippen LogP contribution >= 0.6 is 0 Å². The second-order valence-corrected chi connectivity index (χ2v) is 8.21. The summed E-state index contributed by atoms with van der Waals surface area (Å²) in [5.41, 5.74) is 2.37. The number of hydrogen-bond acceptors (Lipinski definition) is 3. The van der Waals surface area contributed by atoms with E-state index in [1.165, 1.54) is 12.0 Å². The first-order valence-electron chi connectivity index (χ1n) is 10.6. The minimum absolute atomic E-state index is 0.158. The van der Waals surface area contributed by atoms with Crippen molar-refractivity contribution in [3.05, 3.63) is 29.8 Å². The number of carbonyl (C=O) groups excluding carboxylic acids is 2. The standard InChI is InChI=1S/C22H31N3O2/c26-21(25-14-6-8-18-7-2-3-9-20(18)25)17-23-15-10-19(11-16-23)22(27)24-12-4-1-5-13-24/h2-3,7,9,19H,1,4-6,8,10-17H2. The van der Waals surface area contributed by atoms with E-state index < -0.39 is 0 Å². The lowest BCUT2D eigenvalue weighted by Gasteiger charge is -2.36. The van der Waals surface area contributed by atoms with Gasteiger partial charge in [0.05, 0.1) is 6.54 Å². The quantitative estimate of drug-likeness (QED) is 0.823. The molecule has 2 amide bonds. The summed E-state index contributed by atoms with van der Waals surface area (Å²) < 4.78 is 0. The molecule has 2 fully saturated rings. The largest absolute Gasteiger partial charge is 0.342 e. The number of anilines is 1. The van der Waals surface area contributed by atoms with Crippen LogP contribution in [0.5, 0.6) is 0 Å². The number of nitrogens with zero attached hydrogens (tertiary/aromatic N) is 3. The molecule has 0 saturated carbocycles. The van der Waals surface area contributed by atoms with Gasteiger partial charge in [-0.05, 0) is 69.7 Å². The van der Waals surface area contributed by atoms with E-state index in [0.29, 0.717) is 12.5 Å². The summed E-state index contributed by atoms with van der Waals surface area (Å²) in [6.07, 6.45) is 7.42. The Morgan fingerprint density at radius 1 is 0.889 bits per heavy atom. The van der Waals surface area contributed by atoms with Crippen LogP contribution in [0.4, 0.5) is 5.69 Å². The summed E-state index contributed by atoms with van der Waals surface area (Å²) in [6.45, 7) is 4.87. The van der Waals surface area contributed by atoms with E-state index in [1.807, 2.05) is 11.0 Å². The minimum atomic E-state index is 0.158. The fraction of sp³-hybridized carbons (Fsp3) is 0.636. The summed E-state index contributed by atoms with van der Waals surface area (Å²) in [7, 11) is 0. The summed E-state index contributed by atoms with van der Waals surface area (Å²) >= 11 is 0. The zero-order valence-corrected chi connectivity index (χ0v) is 16.2. The molecule has 0 bridgehead atoms. The van der Waals surface area contributed by atoms with E-state index in [-0.39, 0.29) is 11.8 Å². The number of hydrogen-bond donors (Lipinski definition) is 0. The Kier molecular flexibility index (Phi) is 5.77. The molecule has 0 aliphatic carbocycles. The van der Waals surface area contributed by atoms with E-state index >= 15 is 0 Å². The van der Waals surface area contributed by atoms with Crippen molar-refractivity contribution in [2.75, 3.05) is 44.2 Å². The van der Waals surface area contributed by atoms with Gasteiger partial charge < -0.3 is 9.80 Å². The average Bonchev–Trinajstić information content (AvgIpc) is 2.74. The highest BCUT2D eigenvalue weighted by Crippen LogP contribution is 2.27. The van der Waals surface area contributed by atoms with Gasteiger partial charge in [0.15, 0.2) is 0 Å². The van der Waals surface area contributed by atoms with Gasteiger partial charge in [0.1, 0.15) is 0 Å². The number of piperidine rings is 2. The first-order chi connectivity index (χ1) is 13.2. The van der Waals surface area contributed by atoms with Crippen molar-refractivity contribution in [2.45, 2.75) is 44.9 Å². The maximum Gasteiger partial charge on any atom is 0.241 e. The summed E-state index contributed by atoms with van der Waals surface area (Å²) in [5.74, 6) is 0.707. The molecule has 3 heterocycles. The SMILES string of the molecule is O=C(C1CCN(CC(=O)N2CCCc3ccccc32)CC1)N1CCCCC1. The fourth-order valence-corrected chi connectivity index (χ4v) is 4.78. The minimum Gasteiger partial charge on any atom is -0.342 e. The Labute approximate surface area is 162 Å². The second kappa shape index (κ2) is 8.42. The predicted molar refractivity (Wildman–Crippen MR) is 107 cm³/mol. The number of amides is 2. The number of carbonyl (C=O) groups is 2. The van der Waals surface area contributed by atoms with Crippen LogP contribution < -0.4 is 4.90 Å². The van der Waals surface area contributed by atoms with Crippen LogP contribution in [0.2, 0.25) is 0 Å². The smallest absolute Gasteiger partial charge is 0.241 e. The molecular formula is C22H31N3O2. The van der Waals surface area contributed by atoms with Gasteiger partial charge in [-0.2, -0.15) is 0 Å². The monoisotopic (exact) mass is 369 g/mol. The van der Waals surface area contributed by atoms with Gasteiger partial charge in [-0.1, -0.05) is 18.2 Å². The molecule has 0 atom stereocenters. The fourth-order valence-electron chi connectivity index (χ4n) is 4.78. The predicted octanol–water partition coefficient (Wildman–Crippen LogP) is 2.69. The van der Waals surface area contributed by atoms with Crippen LogP contribution in [-0.2, 0) is 16.0 Å². The zero-order chi connectivity index (χ0) is 18.6. The zero-order valence-electron chi connectivity index (χ0n) is 16.2. The highest BCUT2D eigenvalue weighted by atomic mass is 16.2. The number of para-hydroxylation sites is 1. The van der Waals surface area contributed by atoms with Gasteiger partial charge in [0, 0.05) is 31.2 Å². The van der Waals surface area contributed by atoms with Crippen LogP contribution in [0.3, 0.4) is 0 Å². The lowest BCUT2D eigenvalue weighted by molar-refractivity contribution is -0.138. The molecule has 0 aromatic heterocycles. The van der Waals surface area contributed by atoms with Gasteiger partial charge in [0.2, 0.25) is 11.8 Å². The maximum absolute atomic E-state index is 12.9. The van der Waals surface area contributed by atoms with Crippen molar-refractivity contribution in [1.82, 2.24) is 9.80 Å². The molecule has 5 nitrogen and oxygen atoms in total. The Morgan fingerprint density at radius 2 is 1.63 bits per heavy atom. The van der Waals surface area contributed by atoms with Crippen LogP contribution in [0, 0.1) is 5.92 Å². The highest BCUT2D eigenvalue weighted by Gasteiger charge is 2.31. The highest BCUT2D eigenvalue weighted by molar-refractivity contribution is 5.96. The third-order valence-electron chi connectivity index (χ3n) is 6.37. The molecule has 3 aliphatic heterocycles. The molecule has 1 aromatic rings. The normalized spacial score (nSPS) is 21.8. The van der Waals surface area contributed by atoms with Crippen molar-refractivity contribution in [3.8, 4) is 0 Å². The van der Waals surface area contributed by atoms with Crippen LogP contribution in [0.1, 0.15) is 44.1 Å². The molecule has 0 N–H and O–H groups in total. The maximum atomic E-state index is 12.9. The van der Waals surface area contributed by atoms with Gasteiger partial charge in [0.25, 0.3) is 0 Å². The molecule has 0 radical (unpaired) electrons. The summed E-state index contributed by atoms with van der Waals surface area (Å²) in [6, 6.07) is 8.27. The lowest BCUT2D eigenvalue weighted by atomic mass is 9.94. The first-order valence-corrected chi connectivity index (χ1v) is 10.6. The molecule has 27 heavy (non-hydrogen) atoms. The van der Waals surface area contributed by atoms with Crippen molar-refractivity contribution >= 4 is 17.5 Å². The van der Waals surface area contributed by atoms with E-state index in [1.54, 1.807) is 0 Å². The van der Waals surface area contributed by atoms with Gasteiger partial charge in [-0.15, -0.1) is 0 Å². The Morgan fingerprint density at radius 3 is 2.41 bits per heavy atom. The molecule has 3 aliphatic rings. The van der Waals surface area contributed by atoms with E-state index in [0.717, 1.165) is 76.9 Å². The third kappa shape index (κ3) is 4.18.